The number of carbonyl (C=O) groups excluding carboxylic acids is 2. The van der Waals surface area contributed by atoms with E-state index in [1.807, 2.05) is 0 Å². The van der Waals surface area contributed by atoms with Crippen LogP contribution in [0.4, 0.5) is 0 Å². The largest absolute Gasteiger partial charge is 0.504 e. The third kappa shape index (κ3) is 3.23. The third-order valence-corrected chi connectivity index (χ3v) is 7.45. The van der Waals surface area contributed by atoms with Crippen molar-refractivity contribution in [2.24, 2.45) is 5.92 Å². The molecule has 1 aromatic rings. The normalized spacial score (nSPS) is 29.7. The number of alkyl halides is 2. The van der Waals surface area contributed by atoms with E-state index in [1.54, 1.807) is 36.4 Å². The lowest BCUT2D eigenvalue weighted by atomic mass is 9.64. The number of ketones is 2. The highest BCUT2D eigenvalue weighted by Crippen LogP contribution is 2.57. The molecule has 0 saturated carbocycles. The summed E-state index contributed by atoms with van der Waals surface area (Å²) in [5.41, 5.74) is 1.30. The number of hydrogen-bond donors (Lipinski definition) is 1. The van der Waals surface area contributed by atoms with Crippen LogP contribution < -0.4 is 4.74 Å². The number of Topliss-reactive ketones (excluding diaryl/α,β-unsaturated/α-hetero) is 2. The second-order valence-corrected chi connectivity index (χ2v) is 8.68. The molecule has 0 aromatic heterocycles. The maximum Gasteiger partial charge on any atom is 0.199 e. The van der Waals surface area contributed by atoms with Gasteiger partial charge in [-0.1, -0.05) is 60.2 Å². The van der Waals surface area contributed by atoms with Crippen molar-refractivity contribution < 1.29 is 19.4 Å². The van der Waals surface area contributed by atoms with Gasteiger partial charge >= 0.3 is 0 Å². The second-order valence-electron chi connectivity index (χ2n) is 6.68. The lowest BCUT2D eigenvalue weighted by molar-refractivity contribution is -0.127. The number of fused-ring (bicyclic) bond motifs is 1. The average Bonchev–Trinajstić information content (AvgIpc) is 2.72. The zero-order valence-electron chi connectivity index (χ0n) is 15.2. The van der Waals surface area contributed by atoms with Crippen LogP contribution in [0.25, 0.3) is 6.08 Å². The summed E-state index contributed by atoms with van der Waals surface area (Å²) in [7, 11) is 1.43. The Labute approximate surface area is 188 Å². The molecular weight excluding hydrogens is 458 g/mol. The standard InChI is InChI=1S/C21H16Cl4O4/c1-3-12-8-9-20(24)18(27)16(22)17(23)19(28)21(20,25)13(12)6-4-11-5-7-14(26)15(10-11)29-2/h3-8,10,13,26H,1,9H2,2H3. The topological polar surface area (TPSA) is 63.6 Å². The summed E-state index contributed by atoms with van der Waals surface area (Å²) < 4.78 is 5.10. The van der Waals surface area contributed by atoms with Crippen molar-refractivity contribution in [1.82, 2.24) is 0 Å². The fraction of sp³-hybridized carbons (Fsp3) is 0.238. The molecule has 0 bridgehead atoms. The quantitative estimate of drug-likeness (QED) is 0.599. The number of methoxy groups -OCH3 is 1. The molecule has 2 aliphatic carbocycles. The Hall–Kier alpha value is -1.72. The Bertz CT molecular complexity index is 1010. The maximum absolute atomic E-state index is 13.1. The Kier molecular flexibility index (Phi) is 5.94. The molecule has 0 amide bonds. The predicted octanol–water partition coefficient (Wildman–Crippen LogP) is 5.34. The molecule has 1 aromatic carbocycles. The highest BCUT2D eigenvalue weighted by molar-refractivity contribution is 6.66. The molecule has 1 N–H and O–H groups in total. The first-order chi connectivity index (χ1) is 13.6. The van der Waals surface area contributed by atoms with E-state index in [1.165, 1.54) is 13.2 Å². The van der Waals surface area contributed by atoms with E-state index in [4.69, 9.17) is 51.1 Å². The van der Waals surface area contributed by atoms with Crippen LogP contribution >= 0.6 is 46.4 Å². The Morgan fingerprint density at radius 1 is 1.21 bits per heavy atom. The molecule has 0 heterocycles. The first kappa shape index (κ1) is 22.0. The molecule has 0 fully saturated rings. The van der Waals surface area contributed by atoms with E-state index in [0.29, 0.717) is 11.1 Å². The molecule has 4 nitrogen and oxygen atoms in total. The van der Waals surface area contributed by atoms with Gasteiger partial charge in [0, 0.05) is 5.92 Å². The smallest absolute Gasteiger partial charge is 0.199 e. The van der Waals surface area contributed by atoms with Gasteiger partial charge in [0.15, 0.2) is 23.1 Å². The van der Waals surface area contributed by atoms with Crippen molar-refractivity contribution in [2.45, 2.75) is 16.2 Å². The van der Waals surface area contributed by atoms with Crippen molar-refractivity contribution in [3.63, 3.8) is 0 Å². The summed E-state index contributed by atoms with van der Waals surface area (Å²) in [4.78, 5) is 22.2. The molecule has 3 atom stereocenters. The molecular formula is C21H16Cl4O4. The second kappa shape index (κ2) is 7.84. The summed E-state index contributed by atoms with van der Waals surface area (Å²) in [6.45, 7) is 3.77. The Morgan fingerprint density at radius 2 is 1.86 bits per heavy atom. The fourth-order valence-electron chi connectivity index (χ4n) is 3.58. The molecule has 8 heteroatoms. The van der Waals surface area contributed by atoms with Crippen molar-refractivity contribution in [3.05, 3.63) is 64.2 Å². The van der Waals surface area contributed by atoms with Crippen LogP contribution in [0.5, 0.6) is 11.5 Å². The van der Waals surface area contributed by atoms with Crippen LogP contribution in [0, 0.1) is 5.92 Å². The van der Waals surface area contributed by atoms with E-state index in [9.17, 15) is 14.7 Å². The van der Waals surface area contributed by atoms with Gasteiger partial charge in [-0.05, 0) is 29.7 Å². The zero-order chi connectivity index (χ0) is 21.6. The van der Waals surface area contributed by atoms with E-state index >= 15 is 0 Å². The molecule has 29 heavy (non-hydrogen) atoms. The van der Waals surface area contributed by atoms with Gasteiger partial charge in [0.05, 0.1) is 7.11 Å². The number of benzene rings is 1. The minimum Gasteiger partial charge on any atom is -0.504 e. The predicted molar refractivity (Wildman–Crippen MR) is 116 cm³/mol. The molecule has 0 radical (unpaired) electrons. The fourth-order valence-corrected chi connectivity index (χ4v) is 4.99. The monoisotopic (exact) mass is 472 g/mol. The molecule has 0 aliphatic heterocycles. The first-order valence-corrected chi connectivity index (χ1v) is 10.0. The summed E-state index contributed by atoms with van der Waals surface area (Å²) in [6.07, 6.45) is 6.60. The molecule has 0 saturated heterocycles. The molecule has 0 spiro atoms. The van der Waals surface area contributed by atoms with Gasteiger partial charge in [0.1, 0.15) is 19.8 Å². The van der Waals surface area contributed by atoms with E-state index in [0.717, 1.165) is 0 Å². The van der Waals surface area contributed by atoms with E-state index in [2.05, 4.69) is 6.58 Å². The molecule has 3 rings (SSSR count). The minimum atomic E-state index is -1.88. The number of hydrogen-bond acceptors (Lipinski definition) is 4. The first-order valence-electron chi connectivity index (χ1n) is 8.52. The van der Waals surface area contributed by atoms with Crippen LogP contribution in [0.3, 0.4) is 0 Å². The number of phenols is 1. The number of carbonyl (C=O) groups is 2. The summed E-state index contributed by atoms with van der Waals surface area (Å²) in [5, 5.41) is 8.91. The van der Waals surface area contributed by atoms with Crippen LogP contribution in [-0.2, 0) is 9.59 Å². The van der Waals surface area contributed by atoms with Gasteiger partial charge in [-0.15, -0.1) is 23.2 Å². The van der Waals surface area contributed by atoms with Crippen LogP contribution in [0.15, 0.2) is 58.6 Å². The van der Waals surface area contributed by atoms with Gasteiger partial charge in [0.2, 0.25) is 0 Å². The van der Waals surface area contributed by atoms with Gasteiger partial charge in [-0.2, -0.15) is 0 Å². The number of ether oxygens (including phenoxy) is 1. The molecule has 152 valence electrons. The highest BCUT2D eigenvalue weighted by atomic mass is 35.5. The van der Waals surface area contributed by atoms with Gasteiger partial charge in [0.25, 0.3) is 0 Å². The number of aromatic hydroxyl groups is 1. The number of halogens is 4. The van der Waals surface area contributed by atoms with Gasteiger partial charge < -0.3 is 9.84 Å². The Balaban J connectivity index is 2.14. The zero-order valence-corrected chi connectivity index (χ0v) is 18.2. The van der Waals surface area contributed by atoms with Crippen molar-refractivity contribution >= 4 is 64.0 Å². The number of rotatable bonds is 4. The average molecular weight is 474 g/mol. The number of allylic oxidation sites excluding steroid dienone is 6. The third-order valence-electron chi connectivity index (χ3n) is 5.19. The minimum absolute atomic E-state index is 0.00173. The summed E-state index contributed by atoms with van der Waals surface area (Å²) in [6, 6.07) is 4.74. The van der Waals surface area contributed by atoms with Crippen LogP contribution in [-0.4, -0.2) is 33.5 Å². The van der Waals surface area contributed by atoms with E-state index in [-0.39, 0.29) is 17.9 Å². The summed E-state index contributed by atoms with van der Waals surface area (Å²) in [5.74, 6) is -1.94. The highest BCUT2D eigenvalue weighted by Gasteiger charge is 2.67. The van der Waals surface area contributed by atoms with Crippen LogP contribution in [0.1, 0.15) is 12.0 Å². The van der Waals surface area contributed by atoms with E-state index < -0.39 is 37.3 Å². The SMILES string of the molecule is C=CC1=CCC2(Cl)C(=O)C(Cl)=C(Cl)C(=O)C2(Cl)C1C=Cc1ccc(O)c(OC)c1. The lowest BCUT2D eigenvalue weighted by Crippen LogP contribution is -2.64. The van der Waals surface area contributed by atoms with Crippen molar-refractivity contribution in [3.8, 4) is 11.5 Å². The lowest BCUT2D eigenvalue weighted by Gasteiger charge is -2.49. The van der Waals surface area contributed by atoms with Crippen molar-refractivity contribution in [1.29, 1.82) is 0 Å². The molecule has 3 unspecified atom stereocenters. The Morgan fingerprint density at radius 3 is 2.48 bits per heavy atom. The maximum atomic E-state index is 13.1. The van der Waals surface area contributed by atoms with Gasteiger partial charge in [-0.3, -0.25) is 9.59 Å². The van der Waals surface area contributed by atoms with Crippen molar-refractivity contribution in [2.75, 3.05) is 7.11 Å². The molecule has 2 aliphatic rings. The summed E-state index contributed by atoms with van der Waals surface area (Å²) >= 11 is 25.5. The number of phenolic OH excluding ortho intramolecular Hbond substituents is 1. The van der Waals surface area contributed by atoms with Crippen LogP contribution in [0.2, 0.25) is 0 Å². The van der Waals surface area contributed by atoms with Gasteiger partial charge in [-0.25, -0.2) is 0 Å².